The van der Waals surface area contributed by atoms with E-state index in [0.717, 1.165) is 18.8 Å². The van der Waals surface area contributed by atoms with E-state index in [4.69, 9.17) is 0 Å². The third-order valence-electron chi connectivity index (χ3n) is 3.92. The average molecular weight is 300 g/mol. The molecule has 1 amide bonds. The van der Waals surface area contributed by atoms with E-state index in [2.05, 4.69) is 38.8 Å². The maximum atomic E-state index is 11.5. The van der Waals surface area contributed by atoms with Crippen LogP contribution < -0.4 is 5.32 Å². The first kappa shape index (κ1) is 16.2. The maximum Gasteiger partial charge on any atom is 0.221 e. The van der Waals surface area contributed by atoms with Crippen LogP contribution in [0.15, 0.2) is 42.9 Å². The number of benzene rings is 1. The van der Waals surface area contributed by atoms with Crippen LogP contribution in [-0.4, -0.2) is 40.5 Å². The van der Waals surface area contributed by atoms with Crippen LogP contribution in [0.25, 0.3) is 0 Å². The fourth-order valence-corrected chi connectivity index (χ4v) is 2.34. The Morgan fingerprint density at radius 3 is 2.77 bits per heavy atom. The van der Waals surface area contributed by atoms with E-state index in [9.17, 15) is 4.79 Å². The molecule has 1 aromatic carbocycles. The van der Waals surface area contributed by atoms with Crippen molar-refractivity contribution in [3.8, 4) is 0 Å². The van der Waals surface area contributed by atoms with Gasteiger partial charge in [0.25, 0.3) is 0 Å². The lowest BCUT2D eigenvalue weighted by molar-refractivity contribution is -0.121. The summed E-state index contributed by atoms with van der Waals surface area (Å²) in [6, 6.07) is 10.5. The summed E-state index contributed by atoms with van der Waals surface area (Å²) in [5.74, 6) is 0.0668. The molecule has 2 aromatic rings. The molecule has 0 unspecified atom stereocenters. The lowest BCUT2D eigenvalue weighted by Gasteiger charge is -2.24. The van der Waals surface area contributed by atoms with Crippen LogP contribution in [0.3, 0.4) is 0 Å². The number of aromatic nitrogens is 2. The molecule has 0 fully saturated rings. The van der Waals surface area contributed by atoms with Crippen LogP contribution in [0.2, 0.25) is 0 Å². The molecule has 2 rings (SSSR count). The lowest BCUT2D eigenvalue weighted by Crippen LogP contribution is -2.34. The molecule has 0 aliphatic heterocycles. The van der Waals surface area contributed by atoms with Gasteiger partial charge in [0.2, 0.25) is 5.91 Å². The smallest absolute Gasteiger partial charge is 0.221 e. The molecule has 0 bridgehead atoms. The zero-order valence-corrected chi connectivity index (χ0v) is 13.5. The van der Waals surface area contributed by atoms with E-state index >= 15 is 0 Å². The van der Waals surface area contributed by atoms with Crippen LogP contribution in [0.1, 0.15) is 24.6 Å². The molecule has 1 aromatic heterocycles. The average Bonchev–Trinajstić information content (AvgIpc) is 2.95. The zero-order valence-electron chi connectivity index (χ0n) is 13.5. The Morgan fingerprint density at radius 1 is 1.36 bits per heavy atom. The fraction of sp³-hybridized carbons (Fsp3) is 0.412. The van der Waals surface area contributed by atoms with Crippen molar-refractivity contribution in [2.75, 3.05) is 14.1 Å². The highest BCUT2D eigenvalue weighted by atomic mass is 16.1. The fourth-order valence-electron chi connectivity index (χ4n) is 2.34. The van der Waals surface area contributed by atoms with Gasteiger partial charge in [-0.25, -0.2) is 4.98 Å². The van der Waals surface area contributed by atoms with E-state index < -0.39 is 0 Å². The van der Waals surface area contributed by atoms with Crippen molar-refractivity contribution < 1.29 is 4.79 Å². The van der Waals surface area contributed by atoms with E-state index in [0.29, 0.717) is 6.42 Å². The van der Waals surface area contributed by atoms with E-state index in [1.807, 2.05) is 37.8 Å². The van der Waals surface area contributed by atoms with Crippen molar-refractivity contribution in [1.82, 2.24) is 19.8 Å². The van der Waals surface area contributed by atoms with E-state index in [1.165, 1.54) is 5.56 Å². The minimum absolute atomic E-state index is 0.0668. The predicted octanol–water partition coefficient (Wildman–Crippen LogP) is 1.89. The molecule has 1 N–H and O–H groups in total. The van der Waals surface area contributed by atoms with Crippen LogP contribution in [0.4, 0.5) is 0 Å². The lowest BCUT2D eigenvalue weighted by atomic mass is 10.2. The number of carbonyl (C=O) groups excluding carboxylic acids is 1. The topological polar surface area (TPSA) is 50.2 Å². The molecule has 5 nitrogen and oxygen atoms in total. The quantitative estimate of drug-likeness (QED) is 0.849. The molecule has 0 radical (unpaired) electrons. The highest BCUT2D eigenvalue weighted by Crippen LogP contribution is 2.11. The molecular formula is C17H24N4O. The summed E-state index contributed by atoms with van der Waals surface area (Å²) >= 11 is 0. The summed E-state index contributed by atoms with van der Waals surface area (Å²) < 4.78 is 2.15. The van der Waals surface area contributed by atoms with E-state index in [-0.39, 0.29) is 11.9 Å². The van der Waals surface area contributed by atoms with Crippen LogP contribution in [0.5, 0.6) is 0 Å². The highest BCUT2D eigenvalue weighted by molar-refractivity contribution is 5.76. The summed E-state index contributed by atoms with van der Waals surface area (Å²) in [7, 11) is 3.71. The van der Waals surface area contributed by atoms with Gasteiger partial charge in [0, 0.05) is 38.8 Å². The molecule has 1 heterocycles. The second kappa shape index (κ2) is 7.75. The van der Waals surface area contributed by atoms with Gasteiger partial charge in [-0.3, -0.25) is 9.69 Å². The Balaban J connectivity index is 1.99. The Bertz CT molecular complexity index is 594. The molecule has 0 saturated heterocycles. The van der Waals surface area contributed by atoms with Gasteiger partial charge >= 0.3 is 0 Å². The Kier molecular flexibility index (Phi) is 5.72. The van der Waals surface area contributed by atoms with Crippen LogP contribution in [0, 0.1) is 0 Å². The van der Waals surface area contributed by atoms with Gasteiger partial charge in [-0.2, -0.15) is 0 Å². The SMILES string of the molecule is CNC(=O)C[C@H](C)N(C)Cc1cncn1Cc1ccccc1. The number of carbonyl (C=O) groups is 1. The number of nitrogens with zero attached hydrogens (tertiary/aromatic N) is 3. The van der Waals surface area contributed by atoms with Crippen LogP contribution in [-0.2, 0) is 17.9 Å². The minimum atomic E-state index is 0.0668. The normalized spacial score (nSPS) is 12.4. The third kappa shape index (κ3) is 4.43. The van der Waals surface area contributed by atoms with Crippen molar-refractivity contribution >= 4 is 5.91 Å². The Morgan fingerprint density at radius 2 is 2.09 bits per heavy atom. The monoisotopic (exact) mass is 300 g/mol. The Labute approximate surface area is 132 Å². The van der Waals surface area contributed by atoms with Gasteiger partial charge in [0.1, 0.15) is 0 Å². The van der Waals surface area contributed by atoms with Crippen molar-refractivity contribution in [2.45, 2.75) is 32.5 Å². The van der Waals surface area contributed by atoms with Gasteiger partial charge in [-0.15, -0.1) is 0 Å². The molecule has 0 aliphatic carbocycles. The minimum Gasteiger partial charge on any atom is -0.359 e. The van der Waals surface area contributed by atoms with Gasteiger partial charge in [-0.05, 0) is 19.5 Å². The van der Waals surface area contributed by atoms with Crippen molar-refractivity contribution in [1.29, 1.82) is 0 Å². The third-order valence-corrected chi connectivity index (χ3v) is 3.92. The second-order valence-corrected chi connectivity index (χ2v) is 5.64. The number of imidazole rings is 1. The number of amides is 1. The summed E-state index contributed by atoms with van der Waals surface area (Å²) in [6.45, 7) is 3.64. The molecule has 22 heavy (non-hydrogen) atoms. The first-order valence-corrected chi connectivity index (χ1v) is 7.54. The number of rotatable bonds is 7. The second-order valence-electron chi connectivity index (χ2n) is 5.64. The van der Waals surface area contributed by atoms with Gasteiger partial charge < -0.3 is 9.88 Å². The molecule has 118 valence electrons. The van der Waals surface area contributed by atoms with Gasteiger partial charge in [0.05, 0.1) is 12.0 Å². The number of hydrogen-bond acceptors (Lipinski definition) is 3. The Hall–Kier alpha value is -2.14. The zero-order chi connectivity index (χ0) is 15.9. The highest BCUT2D eigenvalue weighted by Gasteiger charge is 2.15. The number of hydrogen-bond donors (Lipinski definition) is 1. The molecule has 0 spiro atoms. The first-order valence-electron chi connectivity index (χ1n) is 7.54. The summed E-state index contributed by atoms with van der Waals surface area (Å²) in [5, 5.41) is 2.67. The standard InChI is InChI=1S/C17H24N4O/c1-14(9-17(22)18-2)20(3)12-16-10-19-13-21(16)11-15-7-5-4-6-8-15/h4-8,10,13-14H,9,11-12H2,1-3H3,(H,18,22)/t14-/m0/s1. The summed E-state index contributed by atoms with van der Waals surface area (Å²) in [6.07, 6.45) is 4.26. The van der Waals surface area contributed by atoms with E-state index in [1.54, 1.807) is 7.05 Å². The van der Waals surface area contributed by atoms with Gasteiger partial charge in [0.15, 0.2) is 0 Å². The van der Waals surface area contributed by atoms with Crippen molar-refractivity contribution in [3.05, 3.63) is 54.1 Å². The first-order chi connectivity index (χ1) is 10.6. The summed E-state index contributed by atoms with van der Waals surface area (Å²) in [4.78, 5) is 17.9. The molecule has 0 saturated carbocycles. The number of nitrogens with one attached hydrogen (secondary N) is 1. The maximum absolute atomic E-state index is 11.5. The summed E-state index contributed by atoms with van der Waals surface area (Å²) in [5.41, 5.74) is 2.40. The largest absolute Gasteiger partial charge is 0.359 e. The molecular weight excluding hydrogens is 276 g/mol. The van der Waals surface area contributed by atoms with Crippen molar-refractivity contribution in [2.24, 2.45) is 0 Å². The van der Waals surface area contributed by atoms with Crippen LogP contribution >= 0.6 is 0 Å². The predicted molar refractivity (Wildman–Crippen MR) is 87.4 cm³/mol. The molecule has 5 heteroatoms. The van der Waals surface area contributed by atoms with Crippen molar-refractivity contribution in [3.63, 3.8) is 0 Å². The molecule has 1 atom stereocenters. The molecule has 0 aliphatic rings. The van der Waals surface area contributed by atoms with Gasteiger partial charge in [-0.1, -0.05) is 30.3 Å².